The van der Waals surface area contributed by atoms with Crippen molar-refractivity contribution in [2.45, 2.75) is 16.6 Å². The highest BCUT2D eigenvalue weighted by Crippen LogP contribution is 2.37. The Balaban J connectivity index is 1.69. The molecule has 2 aromatic rings. The molecule has 1 unspecified atom stereocenters. The minimum Gasteiger partial charge on any atom is -0.355 e. The molecular formula is C17H16N2O2S. The topological polar surface area (TPSA) is 58.2 Å². The second-order valence-electron chi connectivity index (χ2n) is 5.07. The van der Waals surface area contributed by atoms with Crippen LogP contribution in [0.5, 0.6) is 0 Å². The number of carbonyl (C=O) groups excluding carboxylic acids is 2. The highest BCUT2D eigenvalue weighted by atomic mass is 32.2. The Labute approximate surface area is 133 Å². The van der Waals surface area contributed by atoms with E-state index in [1.165, 1.54) is 10.5 Å². The normalized spacial score (nSPS) is 16.0. The van der Waals surface area contributed by atoms with E-state index in [2.05, 4.69) is 16.7 Å². The van der Waals surface area contributed by atoms with Crippen LogP contribution in [0.1, 0.15) is 15.9 Å². The largest absolute Gasteiger partial charge is 0.355 e. The van der Waals surface area contributed by atoms with Crippen LogP contribution in [0.15, 0.2) is 53.4 Å². The molecule has 112 valence electrons. The number of hydrogen-bond acceptors (Lipinski definition) is 3. The van der Waals surface area contributed by atoms with E-state index in [0.29, 0.717) is 11.3 Å². The number of nitrogens with one attached hydrogen (secondary N) is 2. The van der Waals surface area contributed by atoms with Crippen molar-refractivity contribution in [2.24, 2.45) is 0 Å². The number of carbonyl (C=O) groups is 2. The Hall–Kier alpha value is -2.27. The van der Waals surface area contributed by atoms with Gasteiger partial charge in [-0.15, -0.1) is 11.8 Å². The molecule has 0 radical (unpaired) electrons. The van der Waals surface area contributed by atoms with E-state index >= 15 is 0 Å². The lowest BCUT2D eigenvalue weighted by Gasteiger charge is -2.11. The molecule has 1 heterocycles. The lowest BCUT2D eigenvalue weighted by molar-refractivity contribution is -0.115. The zero-order valence-electron chi connectivity index (χ0n) is 12.1. The lowest BCUT2D eigenvalue weighted by Crippen LogP contribution is -2.25. The van der Waals surface area contributed by atoms with Crippen LogP contribution >= 0.6 is 11.8 Å². The van der Waals surface area contributed by atoms with Crippen molar-refractivity contribution in [3.63, 3.8) is 0 Å². The van der Waals surface area contributed by atoms with Crippen LogP contribution in [0.2, 0.25) is 0 Å². The number of anilines is 1. The van der Waals surface area contributed by atoms with Gasteiger partial charge in [-0.25, -0.2) is 0 Å². The second kappa shape index (κ2) is 6.23. The van der Waals surface area contributed by atoms with Gasteiger partial charge in [-0.05, 0) is 36.2 Å². The molecule has 0 saturated carbocycles. The van der Waals surface area contributed by atoms with Gasteiger partial charge in [0.1, 0.15) is 0 Å². The molecule has 2 N–H and O–H groups in total. The molecule has 5 heteroatoms. The zero-order chi connectivity index (χ0) is 15.5. The predicted molar refractivity (Wildman–Crippen MR) is 88.3 cm³/mol. The summed E-state index contributed by atoms with van der Waals surface area (Å²) < 4.78 is 0. The first-order valence-electron chi connectivity index (χ1n) is 7.05. The SMILES string of the molecule is CNC(=O)c1cccc(NC(=O)C2Cc3ccccc3S2)c1. The maximum atomic E-state index is 12.4. The third kappa shape index (κ3) is 2.99. The van der Waals surface area contributed by atoms with Gasteiger partial charge in [0.25, 0.3) is 5.91 Å². The van der Waals surface area contributed by atoms with E-state index in [1.807, 2.05) is 18.2 Å². The van der Waals surface area contributed by atoms with Crippen molar-refractivity contribution in [2.75, 3.05) is 12.4 Å². The third-order valence-corrected chi connectivity index (χ3v) is 4.88. The summed E-state index contributed by atoms with van der Waals surface area (Å²) in [4.78, 5) is 25.2. The van der Waals surface area contributed by atoms with E-state index in [0.717, 1.165) is 6.42 Å². The maximum absolute atomic E-state index is 12.4. The first-order valence-corrected chi connectivity index (χ1v) is 7.93. The van der Waals surface area contributed by atoms with Gasteiger partial charge < -0.3 is 10.6 Å². The molecule has 1 aliphatic heterocycles. The number of thioether (sulfide) groups is 1. The van der Waals surface area contributed by atoms with E-state index in [9.17, 15) is 9.59 Å². The molecule has 1 atom stereocenters. The summed E-state index contributed by atoms with van der Waals surface area (Å²) in [5, 5.41) is 5.35. The van der Waals surface area contributed by atoms with Crippen molar-refractivity contribution in [3.8, 4) is 0 Å². The highest BCUT2D eigenvalue weighted by Gasteiger charge is 2.28. The van der Waals surface area contributed by atoms with Crippen LogP contribution in [0.25, 0.3) is 0 Å². The monoisotopic (exact) mass is 312 g/mol. The zero-order valence-corrected chi connectivity index (χ0v) is 12.9. The van der Waals surface area contributed by atoms with E-state index in [-0.39, 0.29) is 17.1 Å². The Morgan fingerprint density at radius 3 is 2.73 bits per heavy atom. The Bertz CT molecular complexity index is 705. The molecule has 2 aromatic carbocycles. The molecule has 0 spiro atoms. The number of hydrogen-bond donors (Lipinski definition) is 2. The fourth-order valence-corrected chi connectivity index (χ4v) is 3.63. The summed E-state index contributed by atoms with van der Waals surface area (Å²) in [6.07, 6.45) is 0.738. The average molecular weight is 312 g/mol. The molecule has 0 fully saturated rings. The number of benzene rings is 2. The Morgan fingerprint density at radius 1 is 1.14 bits per heavy atom. The summed E-state index contributed by atoms with van der Waals surface area (Å²) in [5.41, 5.74) is 2.39. The molecule has 2 amide bonds. The smallest absolute Gasteiger partial charge is 0.251 e. The molecule has 0 aliphatic carbocycles. The molecule has 0 aromatic heterocycles. The summed E-state index contributed by atoms with van der Waals surface area (Å²) >= 11 is 1.59. The molecule has 0 saturated heterocycles. The predicted octanol–water partition coefficient (Wildman–Crippen LogP) is 2.70. The van der Waals surface area contributed by atoms with Gasteiger partial charge in [0.05, 0.1) is 5.25 Å². The second-order valence-corrected chi connectivity index (χ2v) is 6.31. The van der Waals surface area contributed by atoms with Gasteiger partial charge in [-0.3, -0.25) is 9.59 Å². The highest BCUT2D eigenvalue weighted by molar-refractivity contribution is 8.01. The maximum Gasteiger partial charge on any atom is 0.251 e. The quantitative estimate of drug-likeness (QED) is 0.916. The van der Waals surface area contributed by atoms with Crippen LogP contribution in [0.3, 0.4) is 0 Å². The molecule has 4 nitrogen and oxygen atoms in total. The van der Waals surface area contributed by atoms with Crippen molar-refractivity contribution in [3.05, 3.63) is 59.7 Å². The van der Waals surface area contributed by atoms with E-state index in [4.69, 9.17) is 0 Å². The van der Waals surface area contributed by atoms with Gasteiger partial charge in [-0.1, -0.05) is 24.3 Å². The molecule has 22 heavy (non-hydrogen) atoms. The van der Waals surface area contributed by atoms with Crippen LogP contribution in [-0.2, 0) is 11.2 Å². The summed E-state index contributed by atoms with van der Waals surface area (Å²) in [6, 6.07) is 15.0. The molecule has 0 bridgehead atoms. The van der Waals surface area contributed by atoms with Crippen LogP contribution in [-0.4, -0.2) is 24.1 Å². The van der Waals surface area contributed by atoms with E-state index < -0.39 is 0 Å². The number of amides is 2. The van der Waals surface area contributed by atoms with Crippen molar-refractivity contribution < 1.29 is 9.59 Å². The first-order chi connectivity index (χ1) is 10.7. The number of rotatable bonds is 3. The van der Waals surface area contributed by atoms with Gasteiger partial charge in [-0.2, -0.15) is 0 Å². The van der Waals surface area contributed by atoms with Crippen molar-refractivity contribution >= 4 is 29.3 Å². The fourth-order valence-electron chi connectivity index (χ4n) is 2.43. The Morgan fingerprint density at radius 2 is 1.95 bits per heavy atom. The molecule has 3 rings (SSSR count). The Kier molecular flexibility index (Phi) is 4.15. The fraction of sp³-hybridized carbons (Fsp3) is 0.176. The molecular weight excluding hydrogens is 296 g/mol. The van der Waals surface area contributed by atoms with Crippen LogP contribution in [0.4, 0.5) is 5.69 Å². The van der Waals surface area contributed by atoms with Gasteiger partial charge in [0.2, 0.25) is 5.91 Å². The minimum atomic E-state index is -0.168. The number of fused-ring (bicyclic) bond motifs is 1. The van der Waals surface area contributed by atoms with E-state index in [1.54, 1.807) is 43.1 Å². The minimum absolute atomic E-state index is 0.0322. The summed E-state index contributed by atoms with van der Waals surface area (Å²) in [7, 11) is 1.58. The lowest BCUT2D eigenvalue weighted by atomic mass is 10.1. The van der Waals surface area contributed by atoms with Gasteiger partial charge >= 0.3 is 0 Å². The standard InChI is InChI=1S/C17H16N2O2S/c1-18-16(20)12-6-4-7-13(9-12)19-17(21)15-10-11-5-2-3-8-14(11)22-15/h2-9,15H,10H2,1H3,(H,18,20)(H,19,21). The first kappa shape index (κ1) is 14.7. The molecule has 1 aliphatic rings. The van der Waals surface area contributed by atoms with Crippen LogP contribution < -0.4 is 10.6 Å². The average Bonchev–Trinajstić information content (AvgIpc) is 2.98. The van der Waals surface area contributed by atoms with Crippen molar-refractivity contribution in [1.29, 1.82) is 0 Å². The third-order valence-electron chi connectivity index (χ3n) is 3.56. The van der Waals surface area contributed by atoms with Crippen molar-refractivity contribution in [1.82, 2.24) is 5.32 Å². The van der Waals surface area contributed by atoms with Crippen LogP contribution in [0, 0.1) is 0 Å². The summed E-state index contributed by atoms with van der Waals surface area (Å²) in [6.45, 7) is 0. The van der Waals surface area contributed by atoms with Gasteiger partial charge in [0, 0.05) is 23.2 Å². The summed E-state index contributed by atoms with van der Waals surface area (Å²) in [5.74, 6) is -0.200. The van der Waals surface area contributed by atoms with Gasteiger partial charge in [0.15, 0.2) is 0 Å².